The predicted molar refractivity (Wildman–Crippen MR) is 184 cm³/mol. The van der Waals surface area contributed by atoms with Crippen molar-refractivity contribution in [2.45, 2.75) is 88.7 Å². The number of oxime groups is 1. The van der Waals surface area contributed by atoms with Crippen LogP contribution in [0.15, 0.2) is 21.6 Å². The molecular formula is C28H39N11O9S3. The lowest BCUT2D eigenvalue weighted by Crippen LogP contribution is -2.71. The van der Waals surface area contributed by atoms with Crippen molar-refractivity contribution in [1.82, 2.24) is 45.1 Å². The first-order chi connectivity index (χ1) is 24.2. The third-order valence-corrected chi connectivity index (χ3v) is 9.80. The van der Waals surface area contributed by atoms with Gasteiger partial charge in [-0.2, -0.15) is 9.36 Å². The normalized spacial score (nSPS) is 18.0. The van der Waals surface area contributed by atoms with Crippen molar-refractivity contribution < 1.29 is 43.4 Å². The van der Waals surface area contributed by atoms with Crippen molar-refractivity contribution in [2.24, 2.45) is 5.16 Å². The minimum Gasteiger partial charge on any atom is -0.477 e. The molecule has 4 heterocycles. The molecule has 1 saturated heterocycles. The highest BCUT2D eigenvalue weighted by atomic mass is 32.2. The number of nitrogens with zero attached hydrogens (tertiary/aromatic N) is 8. The summed E-state index contributed by atoms with van der Waals surface area (Å²) in [4.78, 5) is 73.6. The Bertz CT molecular complexity index is 1670. The van der Waals surface area contributed by atoms with Gasteiger partial charge in [0.25, 0.3) is 11.8 Å². The minimum absolute atomic E-state index is 0.0390. The summed E-state index contributed by atoms with van der Waals surface area (Å²) in [5.41, 5.74) is 4.92. The first-order valence-corrected chi connectivity index (χ1v) is 18.6. The van der Waals surface area contributed by atoms with Crippen LogP contribution in [0.25, 0.3) is 0 Å². The molecule has 2 aliphatic heterocycles. The number of alkyl carbamates (subject to hydrolysis) is 1. The molecule has 5 N–H and O–H groups in total. The molecule has 0 bridgehead atoms. The average molecular weight is 770 g/mol. The number of tetrazole rings is 1. The molecule has 20 nitrogen and oxygen atoms in total. The molecule has 0 aromatic carbocycles. The smallest absolute Gasteiger partial charge is 0.407 e. The van der Waals surface area contributed by atoms with Crippen LogP contribution in [0.3, 0.4) is 0 Å². The lowest BCUT2D eigenvalue weighted by Gasteiger charge is -2.49. The Hall–Kier alpha value is -4.51. The number of nitrogen functional groups attached to an aromatic ring is 1. The number of unbranched alkanes of at least 4 members (excludes halogenated alkanes) is 1. The minimum atomic E-state index is -1.31. The Morgan fingerprint density at radius 1 is 1.24 bits per heavy atom. The number of aromatic nitrogens is 6. The summed E-state index contributed by atoms with van der Waals surface area (Å²) >= 11 is 3.27. The number of hydrogen-bond donors (Lipinski definition) is 4. The van der Waals surface area contributed by atoms with Crippen molar-refractivity contribution in [3.05, 3.63) is 17.1 Å². The summed E-state index contributed by atoms with van der Waals surface area (Å²) in [6.45, 7) is 9.54. The van der Waals surface area contributed by atoms with E-state index in [1.54, 1.807) is 20.8 Å². The number of carboxylic acid groups (broad SMARTS) is 1. The summed E-state index contributed by atoms with van der Waals surface area (Å²) in [5, 5.41) is 30.6. The van der Waals surface area contributed by atoms with Crippen LogP contribution in [0, 0.1) is 0 Å². The maximum atomic E-state index is 13.4. The third kappa shape index (κ3) is 10.5. The Balaban J connectivity index is 1.38. The lowest BCUT2D eigenvalue weighted by molar-refractivity contribution is -0.156. The number of carbonyl (C=O) groups is 5. The Morgan fingerprint density at radius 3 is 2.67 bits per heavy atom. The monoisotopic (exact) mass is 769 g/mol. The number of aliphatic carboxylic acids is 1. The fraction of sp³-hybridized carbons (Fsp3) is 0.607. The summed E-state index contributed by atoms with van der Waals surface area (Å²) in [5.74, 6) is -3.32. The van der Waals surface area contributed by atoms with E-state index in [9.17, 15) is 29.1 Å². The molecule has 3 amide bonds. The highest BCUT2D eigenvalue weighted by Crippen LogP contribution is 2.41. The van der Waals surface area contributed by atoms with Crippen molar-refractivity contribution in [3.63, 3.8) is 0 Å². The number of amides is 3. The van der Waals surface area contributed by atoms with Gasteiger partial charge >= 0.3 is 18.0 Å². The Labute approximate surface area is 304 Å². The fourth-order valence-corrected chi connectivity index (χ4v) is 7.28. The maximum Gasteiger partial charge on any atom is 0.407 e. The molecule has 51 heavy (non-hydrogen) atoms. The van der Waals surface area contributed by atoms with Crippen LogP contribution in [0.5, 0.6) is 0 Å². The highest BCUT2D eigenvalue weighted by Gasteiger charge is 2.54. The van der Waals surface area contributed by atoms with Crippen LogP contribution in [0.2, 0.25) is 0 Å². The van der Waals surface area contributed by atoms with Gasteiger partial charge in [0, 0.05) is 36.1 Å². The quantitative estimate of drug-likeness (QED) is 0.0436. The molecule has 2 aromatic rings. The Kier molecular flexibility index (Phi) is 13.6. The standard InChI is InChI=1S/C28H39N11O9S3/c1-6-7-11-46-24(44)14(2)48-34-16(19-32-25(29)51-35-19)20(40)31-17-21(41)39-18(23(42)43)15(12-49-22(17)39)13-50-26-33-36-37-38(26)10-8-9-30-27(45)47-28(3,4)5/h14,17,22H,6-13H2,1-5H3,(H,30,45)(H,31,40)(H,42,43)(H2,29,32,35)/t14?,17?,22-/m1/s1. The first-order valence-electron chi connectivity index (χ1n) is 15.8. The topological polar surface area (TPSA) is 268 Å². The van der Waals surface area contributed by atoms with E-state index >= 15 is 0 Å². The van der Waals surface area contributed by atoms with E-state index < -0.39 is 58.7 Å². The van der Waals surface area contributed by atoms with Crippen LogP contribution >= 0.6 is 35.1 Å². The number of ether oxygens (including phenoxy) is 2. The van der Waals surface area contributed by atoms with Crippen LogP contribution in [-0.2, 0) is 40.0 Å². The third-order valence-electron chi connectivity index (χ3n) is 6.87. The van der Waals surface area contributed by atoms with Gasteiger partial charge in [-0.05, 0) is 56.5 Å². The number of carbonyl (C=O) groups excluding carboxylic acids is 4. The number of nitrogens with one attached hydrogen (secondary N) is 2. The number of carboxylic acids is 1. The molecule has 3 atom stereocenters. The van der Waals surface area contributed by atoms with Crippen molar-refractivity contribution in [3.8, 4) is 0 Å². The molecule has 2 aliphatic rings. The van der Waals surface area contributed by atoms with Gasteiger partial charge in [-0.1, -0.05) is 30.3 Å². The number of β-lactam (4-membered cyclic amide) rings is 1. The number of fused-ring (bicyclic) bond motifs is 1. The molecule has 2 unspecified atom stereocenters. The predicted octanol–water partition coefficient (Wildman–Crippen LogP) is 1.01. The van der Waals surface area contributed by atoms with E-state index in [4.69, 9.17) is 20.0 Å². The fourth-order valence-electron chi connectivity index (χ4n) is 4.45. The number of anilines is 1. The number of aryl methyl sites for hydroxylation is 1. The van der Waals surface area contributed by atoms with Gasteiger partial charge in [-0.3, -0.25) is 14.5 Å². The van der Waals surface area contributed by atoms with Gasteiger partial charge in [-0.25, -0.2) is 19.1 Å². The van der Waals surface area contributed by atoms with E-state index in [2.05, 4.69) is 40.7 Å². The molecule has 278 valence electrons. The number of rotatable bonds is 17. The zero-order chi connectivity index (χ0) is 37.3. The van der Waals surface area contributed by atoms with Gasteiger partial charge in [0.1, 0.15) is 22.7 Å². The number of nitrogens with two attached hydrogens (primary N) is 1. The van der Waals surface area contributed by atoms with Gasteiger partial charge in [-0.15, -0.1) is 16.9 Å². The average Bonchev–Trinajstić information content (AvgIpc) is 3.71. The van der Waals surface area contributed by atoms with E-state index in [1.165, 1.54) is 35.1 Å². The molecule has 0 spiro atoms. The molecule has 23 heteroatoms. The summed E-state index contributed by atoms with van der Waals surface area (Å²) in [6, 6.07) is -1.11. The molecule has 2 aromatic heterocycles. The number of thioether (sulfide) groups is 2. The van der Waals surface area contributed by atoms with Crippen molar-refractivity contribution >= 4 is 75.7 Å². The van der Waals surface area contributed by atoms with Crippen molar-refractivity contribution in [1.29, 1.82) is 0 Å². The maximum absolute atomic E-state index is 13.4. The lowest BCUT2D eigenvalue weighted by atomic mass is 10.0. The van der Waals surface area contributed by atoms with Gasteiger partial charge in [0.05, 0.1) is 6.61 Å². The second-order valence-electron chi connectivity index (χ2n) is 12.0. The Morgan fingerprint density at radius 2 is 2.00 bits per heavy atom. The second-order valence-corrected chi connectivity index (χ2v) is 14.9. The molecule has 0 aliphatic carbocycles. The zero-order valence-electron chi connectivity index (χ0n) is 28.5. The van der Waals surface area contributed by atoms with Gasteiger partial charge in [0.15, 0.2) is 5.13 Å². The van der Waals surface area contributed by atoms with Crippen LogP contribution in [0.1, 0.15) is 59.7 Å². The molecular weight excluding hydrogens is 731 g/mol. The van der Waals surface area contributed by atoms with Crippen LogP contribution < -0.4 is 16.4 Å². The number of hydrogen-bond acceptors (Lipinski definition) is 18. The van der Waals surface area contributed by atoms with E-state index in [0.29, 0.717) is 36.7 Å². The first kappa shape index (κ1) is 39.3. The summed E-state index contributed by atoms with van der Waals surface area (Å²) in [6.07, 6.45) is 0.293. The van der Waals surface area contributed by atoms with Crippen LogP contribution in [-0.4, -0.2) is 123 Å². The molecule has 0 saturated carbocycles. The SMILES string of the molecule is CCCCOC(=O)C(C)ON=C(C(=O)NC1C(=O)N2C(C(=O)O)=C(CSc3nnnn3CCCNC(=O)OC(C)(C)C)CS[C@H]12)c1nsc(N)n1. The van der Waals surface area contributed by atoms with Crippen molar-refractivity contribution in [2.75, 3.05) is 30.4 Å². The molecule has 4 rings (SSSR count). The largest absolute Gasteiger partial charge is 0.477 e. The van der Waals surface area contributed by atoms with Gasteiger partial charge in [0.2, 0.25) is 22.8 Å². The van der Waals surface area contributed by atoms with Gasteiger partial charge < -0.3 is 35.8 Å². The number of esters is 1. The summed E-state index contributed by atoms with van der Waals surface area (Å²) < 4.78 is 15.9. The van der Waals surface area contributed by atoms with E-state index in [1.807, 2.05) is 6.92 Å². The van der Waals surface area contributed by atoms with Crippen LogP contribution in [0.4, 0.5) is 9.93 Å². The highest BCUT2D eigenvalue weighted by molar-refractivity contribution is 8.01. The molecule has 1 fully saturated rings. The molecule has 0 radical (unpaired) electrons. The van der Waals surface area contributed by atoms with E-state index in [-0.39, 0.29) is 34.8 Å². The van der Waals surface area contributed by atoms with E-state index in [0.717, 1.165) is 22.9 Å². The zero-order valence-corrected chi connectivity index (χ0v) is 30.9. The summed E-state index contributed by atoms with van der Waals surface area (Å²) in [7, 11) is 0. The second kappa shape index (κ2) is 17.6.